The van der Waals surface area contributed by atoms with Gasteiger partial charge < -0.3 is 0 Å². The molecule has 0 bridgehead atoms. The van der Waals surface area contributed by atoms with Gasteiger partial charge in [-0.3, -0.25) is 0 Å². The maximum absolute atomic E-state index is 5.32. The van der Waals surface area contributed by atoms with Gasteiger partial charge in [0.2, 0.25) is 0 Å². The summed E-state index contributed by atoms with van der Waals surface area (Å²) in [6, 6.07) is 87.1. The smallest absolute Gasteiger partial charge is 0.164 e. The molecule has 0 aliphatic heterocycles. The van der Waals surface area contributed by atoms with Gasteiger partial charge in [-0.05, 0) is 62.7 Å². The van der Waals surface area contributed by atoms with Crippen molar-refractivity contribution in [3.05, 3.63) is 271 Å². The topological polar surface area (TPSA) is 64.5 Å². The van der Waals surface area contributed by atoms with Crippen molar-refractivity contribution in [2.75, 3.05) is 0 Å². The Morgan fingerprint density at radius 2 is 0.612 bits per heavy atom. The van der Waals surface area contributed by atoms with Crippen LogP contribution in [0, 0.1) is 0 Å². The van der Waals surface area contributed by atoms with Gasteiger partial charge in [0.15, 0.2) is 23.3 Å². The Labute approximate surface area is 389 Å². The molecule has 0 saturated carbocycles. The van der Waals surface area contributed by atoms with E-state index in [0.29, 0.717) is 23.3 Å². The molecule has 67 heavy (non-hydrogen) atoms. The fourth-order valence-electron chi connectivity index (χ4n) is 9.73. The van der Waals surface area contributed by atoms with Gasteiger partial charge in [-0.1, -0.05) is 231 Å². The lowest BCUT2D eigenvalue weighted by molar-refractivity contribution is 0.769. The van der Waals surface area contributed by atoms with E-state index in [4.69, 9.17) is 24.9 Å². The number of hydrogen-bond donors (Lipinski definition) is 0. The second kappa shape index (κ2) is 16.9. The molecule has 2 heterocycles. The summed E-state index contributed by atoms with van der Waals surface area (Å²) < 4.78 is 0. The van der Waals surface area contributed by atoms with Crippen LogP contribution < -0.4 is 0 Å². The van der Waals surface area contributed by atoms with Crippen LogP contribution in [0.5, 0.6) is 0 Å². The first-order valence-electron chi connectivity index (χ1n) is 22.6. The number of hydrogen-bond acceptors (Lipinski definition) is 5. The Kier molecular flexibility index (Phi) is 9.99. The number of aromatic nitrogens is 5. The molecular weight excluding hydrogens is 815 g/mol. The highest BCUT2D eigenvalue weighted by Gasteiger charge is 2.46. The van der Waals surface area contributed by atoms with Crippen LogP contribution in [0.3, 0.4) is 0 Å². The predicted molar refractivity (Wildman–Crippen MR) is 271 cm³/mol. The molecule has 11 aromatic rings. The van der Waals surface area contributed by atoms with Gasteiger partial charge in [0.25, 0.3) is 0 Å². The summed E-state index contributed by atoms with van der Waals surface area (Å²) >= 11 is 0. The van der Waals surface area contributed by atoms with Gasteiger partial charge in [-0.15, -0.1) is 0 Å². The third-order valence-electron chi connectivity index (χ3n) is 12.9. The van der Waals surface area contributed by atoms with Crippen LogP contribution in [0.25, 0.3) is 90.3 Å². The third kappa shape index (κ3) is 7.11. The lowest BCUT2D eigenvalue weighted by Crippen LogP contribution is -2.28. The molecule has 0 N–H and O–H groups in total. The second-order valence-electron chi connectivity index (χ2n) is 16.8. The SMILES string of the molecule is c1ccc(-c2cc(-c3ccc(-c4cc5c(cc4-c4nc(-c6ccccc6)nc(-c6ccccc6)n4)-c4ccccc4C5(c4ccccc4)c4ccccc4)cc3)nc(-c3ccccc3)n2)cc1. The first-order chi connectivity index (χ1) is 33.2. The molecule has 12 rings (SSSR count). The van der Waals surface area contributed by atoms with E-state index in [-0.39, 0.29) is 0 Å². The van der Waals surface area contributed by atoms with Gasteiger partial charge >= 0.3 is 0 Å². The van der Waals surface area contributed by atoms with E-state index in [2.05, 4.69) is 176 Å². The molecule has 9 aromatic carbocycles. The van der Waals surface area contributed by atoms with Crippen LogP contribution in [-0.2, 0) is 5.41 Å². The van der Waals surface area contributed by atoms with Gasteiger partial charge in [0, 0.05) is 33.4 Å². The highest BCUT2D eigenvalue weighted by Crippen LogP contribution is 2.58. The summed E-state index contributed by atoms with van der Waals surface area (Å²) in [6.45, 7) is 0. The van der Waals surface area contributed by atoms with Crippen molar-refractivity contribution >= 4 is 0 Å². The van der Waals surface area contributed by atoms with Crippen molar-refractivity contribution in [2.24, 2.45) is 0 Å². The predicted octanol–water partition coefficient (Wildman–Crippen LogP) is 14.7. The minimum atomic E-state index is -0.603. The molecule has 0 fully saturated rings. The summed E-state index contributed by atoms with van der Waals surface area (Å²) in [7, 11) is 0. The maximum atomic E-state index is 5.32. The monoisotopic (exact) mass is 855 g/mol. The average molecular weight is 856 g/mol. The van der Waals surface area contributed by atoms with Crippen molar-refractivity contribution in [1.29, 1.82) is 0 Å². The van der Waals surface area contributed by atoms with E-state index in [1.165, 1.54) is 27.8 Å². The normalized spacial score (nSPS) is 12.3. The summed E-state index contributed by atoms with van der Waals surface area (Å²) in [5.41, 5.74) is 16.0. The zero-order chi connectivity index (χ0) is 44.6. The van der Waals surface area contributed by atoms with Crippen molar-refractivity contribution in [2.45, 2.75) is 5.41 Å². The molecule has 2 aromatic heterocycles. The molecule has 0 atom stereocenters. The van der Waals surface area contributed by atoms with E-state index in [1.54, 1.807) is 0 Å². The van der Waals surface area contributed by atoms with Crippen molar-refractivity contribution < 1.29 is 0 Å². The van der Waals surface area contributed by atoms with Crippen LogP contribution in [0.15, 0.2) is 249 Å². The molecule has 1 aliphatic rings. The van der Waals surface area contributed by atoms with Gasteiger partial charge in [0.1, 0.15) is 0 Å². The Morgan fingerprint density at radius 3 is 1.12 bits per heavy atom. The van der Waals surface area contributed by atoms with E-state index >= 15 is 0 Å². The van der Waals surface area contributed by atoms with E-state index in [0.717, 1.165) is 61.5 Å². The van der Waals surface area contributed by atoms with E-state index in [1.807, 2.05) is 72.8 Å². The molecule has 5 heteroatoms. The lowest BCUT2D eigenvalue weighted by Gasteiger charge is -2.34. The maximum Gasteiger partial charge on any atom is 0.164 e. The van der Waals surface area contributed by atoms with Crippen LogP contribution in [0.4, 0.5) is 0 Å². The van der Waals surface area contributed by atoms with Crippen LogP contribution in [0.1, 0.15) is 22.3 Å². The molecule has 314 valence electrons. The van der Waals surface area contributed by atoms with Gasteiger partial charge in [-0.25, -0.2) is 24.9 Å². The molecule has 0 amide bonds. The molecule has 5 nitrogen and oxygen atoms in total. The fourth-order valence-corrected chi connectivity index (χ4v) is 9.73. The lowest BCUT2D eigenvalue weighted by atomic mass is 9.67. The van der Waals surface area contributed by atoms with E-state index in [9.17, 15) is 0 Å². The van der Waals surface area contributed by atoms with Crippen molar-refractivity contribution in [3.8, 4) is 90.3 Å². The molecular formula is C62H41N5. The molecule has 0 unspecified atom stereocenters. The Bertz CT molecular complexity index is 3370. The molecule has 0 spiro atoms. The zero-order valence-electron chi connectivity index (χ0n) is 36.4. The Morgan fingerprint density at radius 1 is 0.224 bits per heavy atom. The average Bonchev–Trinajstić information content (AvgIpc) is 3.72. The summed E-state index contributed by atoms with van der Waals surface area (Å²) in [5, 5.41) is 0. The number of benzene rings is 9. The first-order valence-corrected chi connectivity index (χ1v) is 22.6. The largest absolute Gasteiger partial charge is 0.228 e. The summed E-state index contributed by atoms with van der Waals surface area (Å²) in [6.07, 6.45) is 0. The number of nitrogens with zero attached hydrogens (tertiary/aromatic N) is 5. The van der Waals surface area contributed by atoms with E-state index < -0.39 is 5.41 Å². The second-order valence-corrected chi connectivity index (χ2v) is 16.8. The standard InChI is InChI=1S/C62H41N5/c1-7-21-43(22-8-1)56-41-57(64-58(63-56)45-23-9-2-10-24-45)44-37-35-42(36-38-44)51-40-55-52(50-33-19-20-34-54(50)62(55,48-29-15-5-16-30-48)49-31-17-6-18-32-49)39-53(51)61-66-59(46-25-11-3-12-26-46)65-60(67-61)47-27-13-4-14-28-47/h1-41H. The number of rotatable bonds is 9. The molecule has 1 aliphatic carbocycles. The van der Waals surface area contributed by atoms with Crippen LogP contribution in [0.2, 0.25) is 0 Å². The minimum absolute atomic E-state index is 0.597. The zero-order valence-corrected chi connectivity index (χ0v) is 36.4. The van der Waals surface area contributed by atoms with Crippen molar-refractivity contribution in [1.82, 2.24) is 24.9 Å². The molecule has 0 saturated heterocycles. The van der Waals surface area contributed by atoms with Crippen LogP contribution >= 0.6 is 0 Å². The number of fused-ring (bicyclic) bond motifs is 3. The highest BCUT2D eigenvalue weighted by atomic mass is 15.0. The van der Waals surface area contributed by atoms with Gasteiger partial charge in [0.05, 0.1) is 16.8 Å². The van der Waals surface area contributed by atoms with Crippen molar-refractivity contribution in [3.63, 3.8) is 0 Å². The third-order valence-corrected chi connectivity index (χ3v) is 12.9. The summed E-state index contributed by atoms with van der Waals surface area (Å²) in [4.78, 5) is 25.9. The highest BCUT2D eigenvalue weighted by molar-refractivity contribution is 5.94. The first kappa shape index (κ1) is 39.6. The quantitative estimate of drug-likeness (QED) is 0.145. The van der Waals surface area contributed by atoms with Gasteiger partial charge in [-0.2, -0.15) is 0 Å². The fraction of sp³-hybridized carbons (Fsp3) is 0.0161. The Hall–Kier alpha value is -8.93. The Balaban J connectivity index is 1.11. The van der Waals surface area contributed by atoms with Crippen LogP contribution in [-0.4, -0.2) is 24.9 Å². The summed E-state index contributed by atoms with van der Waals surface area (Å²) in [5.74, 6) is 2.50. The molecule has 0 radical (unpaired) electrons. The minimum Gasteiger partial charge on any atom is -0.228 e.